The van der Waals surface area contributed by atoms with Crippen LogP contribution in [0.2, 0.25) is 0 Å². The van der Waals surface area contributed by atoms with E-state index in [0.29, 0.717) is 0 Å². The normalized spacial score (nSPS) is 13.3. The molecule has 1 aromatic carbocycles. The number of hydrogen-bond donors (Lipinski definition) is 2. The van der Waals surface area contributed by atoms with Crippen molar-refractivity contribution in [3.63, 3.8) is 0 Å². The zero-order chi connectivity index (χ0) is 18.4. The van der Waals surface area contributed by atoms with Gasteiger partial charge >= 0.3 is 5.97 Å². The van der Waals surface area contributed by atoms with E-state index < -0.39 is 23.4 Å². The molecule has 0 atom stereocenters. The predicted octanol–water partition coefficient (Wildman–Crippen LogP) is 0.351. The summed E-state index contributed by atoms with van der Waals surface area (Å²) in [6.45, 7) is -0.591. The van der Waals surface area contributed by atoms with Gasteiger partial charge in [0.15, 0.2) is 6.61 Å². The molecule has 25 heavy (non-hydrogen) atoms. The summed E-state index contributed by atoms with van der Waals surface area (Å²) in [5.74, 6) is -1.69. The Morgan fingerprint density at radius 2 is 2.16 bits per heavy atom. The summed E-state index contributed by atoms with van der Waals surface area (Å²) < 4.78 is 9.79. The van der Waals surface area contributed by atoms with Gasteiger partial charge in [-0.15, -0.1) is 0 Å². The highest BCUT2D eigenvalue weighted by Crippen LogP contribution is 2.28. The van der Waals surface area contributed by atoms with Gasteiger partial charge in [0.2, 0.25) is 5.91 Å². The third-order valence-corrected chi connectivity index (χ3v) is 3.14. The van der Waals surface area contributed by atoms with Gasteiger partial charge in [0.25, 0.3) is 11.6 Å². The first-order valence-corrected chi connectivity index (χ1v) is 7.05. The average Bonchev–Trinajstić information content (AvgIpc) is 2.60. The standard InChI is InChI=1S/C14H14N4O7/c1-24-11-6-8(18(22)23)2-3-9(11)15-13(20)7-25-14(21)10-4-5-12(19)17-16-10/h2-3,6H,4-5,7H2,1H3,(H,15,20)(H,17,19). The van der Waals surface area contributed by atoms with Crippen LogP contribution in [-0.4, -0.2) is 42.1 Å². The lowest BCUT2D eigenvalue weighted by molar-refractivity contribution is -0.384. The summed E-state index contributed by atoms with van der Waals surface area (Å²) in [6.07, 6.45) is 0.239. The summed E-state index contributed by atoms with van der Waals surface area (Å²) in [6, 6.07) is 3.65. The maximum atomic E-state index is 11.9. The highest BCUT2D eigenvalue weighted by atomic mass is 16.6. The Morgan fingerprint density at radius 1 is 1.40 bits per heavy atom. The van der Waals surface area contributed by atoms with Gasteiger partial charge in [0.05, 0.1) is 23.8 Å². The van der Waals surface area contributed by atoms with E-state index in [-0.39, 0.29) is 41.6 Å². The lowest BCUT2D eigenvalue weighted by Gasteiger charge is -2.12. The van der Waals surface area contributed by atoms with Gasteiger partial charge in [-0.05, 0) is 6.07 Å². The second-order valence-electron chi connectivity index (χ2n) is 4.86. The van der Waals surface area contributed by atoms with Gasteiger partial charge in [0.1, 0.15) is 11.5 Å². The molecule has 0 radical (unpaired) electrons. The number of carbonyl (C=O) groups excluding carboxylic acids is 3. The number of non-ortho nitro benzene ring substituents is 1. The highest BCUT2D eigenvalue weighted by molar-refractivity contribution is 6.37. The van der Waals surface area contributed by atoms with Crippen LogP contribution in [0.3, 0.4) is 0 Å². The molecule has 0 saturated carbocycles. The summed E-state index contributed by atoms with van der Waals surface area (Å²) >= 11 is 0. The molecule has 0 spiro atoms. The number of hydrazone groups is 1. The fraction of sp³-hybridized carbons (Fsp3) is 0.286. The van der Waals surface area contributed by atoms with Crippen LogP contribution in [0.5, 0.6) is 5.75 Å². The van der Waals surface area contributed by atoms with Crippen molar-refractivity contribution in [2.45, 2.75) is 12.8 Å². The SMILES string of the molecule is COc1cc([N+](=O)[O-])ccc1NC(=O)COC(=O)C1=NNC(=O)CC1. The monoisotopic (exact) mass is 350 g/mol. The molecular formula is C14H14N4O7. The molecule has 0 saturated heterocycles. The zero-order valence-electron chi connectivity index (χ0n) is 13.1. The van der Waals surface area contributed by atoms with Crippen molar-refractivity contribution in [3.8, 4) is 5.75 Å². The van der Waals surface area contributed by atoms with Crippen molar-refractivity contribution in [2.24, 2.45) is 5.10 Å². The molecule has 1 aliphatic rings. The molecule has 11 nitrogen and oxygen atoms in total. The zero-order valence-corrected chi connectivity index (χ0v) is 13.1. The summed E-state index contributed by atoms with van der Waals surface area (Å²) in [5.41, 5.74) is 2.16. The van der Waals surface area contributed by atoms with Crippen molar-refractivity contribution in [1.82, 2.24) is 5.43 Å². The smallest absolute Gasteiger partial charge is 0.355 e. The number of nitrogens with one attached hydrogen (secondary N) is 2. The Hall–Kier alpha value is -3.50. The van der Waals surface area contributed by atoms with E-state index >= 15 is 0 Å². The molecule has 2 N–H and O–H groups in total. The van der Waals surface area contributed by atoms with Gasteiger partial charge in [-0.3, -0.25) is 19.7 Å². The minimum Gasteiger partial charge on any atom is -0.494 e. The van der Waals surface area contributed by atoms with Crippen LogP contribution in [0.4, 0.5) is 11.4 Å². The predicted molar refractivity (Wildman–Crippen MR) is 84.0 cm³/mol. The van der Waals surface area contributed by atoms with Crippen LogP contribution in [0.1, 0.15) is 12.8 Å². The van der Waals surface area contributed by atoms with Crippen LogP contribution in [0, 0.1) is 10.1 Å². The molecule has 2 rings (SSSR count). The Morgan fingerprint density at radius 3 is 2.76 bits per heavy atom. The topological polar surface area (TPSA) is 149 Å². The first kappa shape index (κ1) is 17.8. The number of nitrogens with zero attached hydrogens (tertiary/aromatic N) is 2. The molecule has 2 amide bonds. The lowest BCUT2D eigenvalue weighted by atomic mass is 10.2. The number of nitro groups is 1. The number of benzene rings is 1. The molecule has 0 aliphatic carbocycles. The van der Waals surface area contributed by atoms with Crippen LogP contribution >= 0.6 is 0 Å². The van der Waals surface area contributed by atoms with Gasteiger partial charge in [-0.25, -0.2) is 10.2 Å². The fourth-order valence-corrected chi connectivity index (χ4v) is 1.92. The number of nitro benzene ring substituents is 1. The van der Waals surface area contributed by atoms with Crippen LogP contribution in [-0.2, 0) is 19.1 Å². The largest absolute Gasteiger partial charge is 0.494 e. The van der Waals surface area contributed by atoms with Crippen LogP contribution < -0.4 is 15.5 Å². The summed E-state index contributed by atoms with van der Waals surface area (Å²) in [4.78, 5) is 44.6. The Kier molecular flexibility index (Phi) is 5.61. The Labute approximate surface area is 141 Å². The van der Waals surface area contributed by atoms with Gasteiger partial charge in [0, 0.05) is 18.9 Å². The van der Waals surface area contributed by atoms with Gasteiger partial charge < -0.3 is 14.8 Å². The van der Waals surface area contributed by atoms with E-state index in [4.69, 9.17) is 9.47 Å². The van der Waals surface area contributed by atoms with Crippen molar-refractivity contribution < 1.29 is 28.8 Å². The van der Waals surface area contributed by atoms with E-state index in [9.17, 15) is 24.5 Å². The van der Waals surface area contributed by atoms with Crippen molar-refractivity contribution in [1.29, 1.82) is 0 Å². The molecule has 0 fully saturated rings. The van der Waals surface area contributed by atoms with E-state index in [1.807, 2.05) is 0 Å². The molecule has 0 bridgehead atoms. The number of ether oxygens (including phenoxy) is 2. The van der Waals surface area contributed by atoms with E-state index in [0.717, 1.165) is 6.07 Å². The fourth-order valence-electron chi connectivity index (χ4n) is 1.92. The minimum atomic E-state index is -0.814. The van der Waals surface area contributed by atoms with Gasteiger partial charge in [-0.1, -0.05) is 0 Å². The van der Waals surface area contributed by atoms with Crippen molar-refractivity contribution >= 4 is 34.9 Å². The molecular weight excluding hydrogens is 336 g/mol. The second kappa shape index (κ2) is 7.86. The molecule has 1 heterocycles. The maximum Gasteiger partial charge on any atom is 0.355 e. The van der Waals surface area contributed by atoms with E-state index in [2.05, 4.69) is 15.8 Å². The number of esters is 1. The molecule has 1 aromatic rings. The van der Waals surface area contributed by atoms with Crippen molar-refractivity contribution in [3.05, 3.63) is 28.3 Å². The van der Waals surface area contributed by atoms with E-state index in [1.165, 1.54) is 19.2 Å². The molecule has 11 heteroatoms. The summed E-state index contributed by atoms with van der Waals surface area (Å²) in [5, 5.41) is 16.7. The maximum absolute atomic E-state index is 11.9. The summed E-state index contributed by atoms with van der Waals surface area (Å²) in [7, 11) is 1.30. The third-order valence-electron chi connectivity index (χ3n) is 3.14. The number of hydrogen-bond acceptors (Lipinski definition) is 8. The Bertz CT molecular complexity index is 760. The number of rotatable bonds is 6. The molecule has 0 aromatic heterocycles. The highest BCUT2D eigenvalue weighted by Gasteiger charge is 2.21. The minimum absolute atomic E-state index is 0.0142. The number of carbonyl (C=O) groups is 3. The third kappa shape index (κ3) is 4.73. The van der Waals surface area contributed by atoms with Crippen LogP contribution in [0.15, 0.2) is 23.3 Å². The van der Waals surface area contributed by atoms with Crippen molar-refractivity contribution in [2.75, 3.05) is 19.0 Å². The van der Waals surface area contributed by atoms with Crippen LogP contribution in [0.25, 0.3) is 0 Å². The first-order valence-electron chi connectivity index (χ1n) is 7.05. The Balaban J connectivity index is 1.93. The first-order chi connectivity index (χ1) is 11.9. The molecule has 1 aliphatic heterocycles. The second-order valence-corrected chi connectivity index (χ2v) is 4.86. The molecule has 132 valence electrons. The van der Waals surface area contributed by atoms with E-state index in [1.54, 1.807) is 0 Å². The van der Waals surface area contributed by atoms with Gasteiger partial charge in [-0.2, -0.15) is 5.10 Å². The molecule has 0 unspecified atom stereocenters. The average molecular weight is 350 g/mol. The number of methoxy groups -OCH3 is 1. The lowest BCUT2D eigenvalue weighted by Crippen LogP contribution is -2.32. The number of anilines is 1. The quantitative estimate of drug-likeness (QED) is 0.427. The number of amides is 2.